The molecule has 0 atom stereocenters. The standard InChI is InChI=1S/C11H17NO2/c1-10-4-2-3-5-11(10)14-9-8-13-7-6-12/h2-5H,6-9,12H2,1H3. The van der Waals surface area contributed by atoms with Gasteiger partial charge in [-0.2, -0.15) is 0 Å². The lowest BCUT2D eigenvalue weighted by atomic mass is 10.2. The highest BCUT2D eigenvalue weighted by molar-refractivity contribution is 5.31. The van der Waals surface area contributed by atoms with E-state index in [2.05, 4.69) is 0 Å². The van der Waals surface area contributed by atoms with Gasteiger partial charge < -0.3 is 15.2 Å². The van der Waals surface area contributed by atoms with Gasteiger partial charge in [-0.15, -0.1) is 0 Å². The van der Waals surface area contributed by atoms with Crippen molar-refractivity contribution in [3.05, 3.63) is 29.8 Å². The van der Waals surface area contributed by atoms with Crippen LogP contribution in [0.2, 0.25) is 0 Å². The fraction of sp³-hybridized carbons (Fsp3) is 0.455. The van der Waals surface area contributed by atoms with Crippen LogP contribution in [-0.2, 0) is 4.74 Å². The van der Waals surface area contributed by atoms with Gasteiger partial charge >= 0.3 is 0 Å². The van der Waals surface area contributed by atoms with Crippen LogP contribution in [-0.4, -0.2) is 26.4 Å². The molecule has 0 heterocycles. The summed E-state index contributed by atoms with van der Waals surface area (Å²) in [7, 11) is 0. The van der Waals surface area contributed by atoms with E-state index in [0.29, 0.717) is 26.4 Å². The van der Waals surface area contributed by atoms with Crippen LogP contribution in [0.25, 0.3) is 0 Å². The zero-order valence-electron chi connectivity index (χ0n) is 8.53. The van der Waals surface area contributed by atoms with Crippen LogP contribution in [0.15, 0.2) is 24.3 Å². The van der Waals surface area contributed by atoms with Crippen LogP contribution in [0.5, 0.6) is 5.75 Å². The molecule has 1 aromatic rings. The van der Waals surface area contributed by atoms with Gasteiger partial charge in [-0.25, -0.2) is 0 Å². The van der Waals surface area contributed by atoms with Gasteiger partial charge in [-0.3, -0.25) is 0 Å². The number of hydrogen-bond acceptors (Lipinski definition) is 3. The summed E-state index contributed by atoms with van der Waals surface area (Å²) >= 11 is 0. The first-order chi connectivity index (χ1) is 6.84. The molecule has 0 fully saturated rings. The number of nitrogens with two attached hydrogens (primary N) is 1. The summed E-state index contributed by atoms with van der Waals surface area (Å²) in [5, 5.41) is 0. The van der Waals surface area contributed by atoms with Crippen molar-refractivity contribution in [1.29, 1.82) is 0 Å². The van der Waals surface area contributed by atoms with Gasteiger partial charge in [0.05, 0.1) is 13.2 Å². The van der Waals surface area contributed by atoms with Gasteiger partial charge in [-0.1, -0.05) is 18.2 Å². The maximum atomic E-state index is 5.52. The molecule has 3 heteroatoms. The Morgan fingerprint density at radius 2 is 1.93 bits per heavy atom. The summed E-state index contributed by atoms with van der Waals surface area (Å²) < 4.78 is 10.7. The molecule has 14 heavy (non-hydrogen) atoms. The molecule has 0 saturated heterocycles. The first-order valence-electron chi connectivity index (χ1n) is 4.81. The highest BCUT2D eigenvalue weighted by Crippen LogP contribution is 2.15. The number of aryl methyl sites for hydroxylation is 1. The zero-order chi connectivity index (χ0) is 10.2. The summed E-state index contributed by atoms with van der Waals surface area (Å²) in [6.07, 6.45) is 0. The van der Waals surface area contributed by atoms with E-state index >= 15 is 0 Å². The Bertz CT molecular complexity index is 263. The number of ether oxygens (including phenoxy) is 2. The molecule has 0 saturated carbocycles. The Labute approximate surface area is 84.8 Å². The molecule has 78 valence electrons. The molecule has 3 nitrogen and oxygen atoms in total. The van der Waals surface area contributed by atoms with E-state index in [9.17, 15) is 0 Å². The molecular weight excluding hydrogens is 178 g/mol. The molecule has 0 spiro atoms. The van der Waals surface area contributed by atoms with Crippen molar-refractivity contribution >= 4 is 0 Å². The highest BCUT2D eigenvalue weighted by Gasteiger charge is 1.96. The monoisotopic (exact) mass is 195 g/mol. The van der Waals surface area contributed by atoms with E-state index in [1.54, 1.807) is 0 Å². The Hall–Kier alpha value is -1.06. The van der Waals surface area contributed by atoms with Crippen LogP contribution in [0.1, 0.15) is 5.56 Å². The maximum absolute atomic E-state index is 5.52. The summed E-state index contributed by atoms with van der Waals surface area (Å²) in [6, 6.07) is 7.94. The van der Waals surface area contributed by atoms with Gasteiger partial charge in [0, 0.05) is 6.54 Å². The summed E-state index contributed by atoms with van der Waals surface area (Å²) in [5.74, 6) is 0.920. The Morgan fingerprint density at radius 1 is 1.14 bits per heavy atom. The van der Waals surface area contributed by atoms with E-state index in [1.165, 1.54) is 0 Å². The summed E-state index contributed by atoms with van der Waals surface area (Å²) in [5.41, 5.74) is 6.42. The lowest BCUT2D eigenvalue weighted by Gasteiger charge is -2.08. The van der Waals surface area contributed by atoms with Crippen molar-refractivity contribution in [2.75, 3.05) is 26.4 Å². The average molecular weight is 195 g/mol. The van der Waals surface area contributed by atoms with Crippen molar-refractivity contribution in [2.45, 2.75) is 6.92 Å². The molecule has 0 amide bonds. The fourth-order valence-corrected chi connectivity index (χ4v) is 1.11. The first-order valence-corrected chi connectivity index (χ1v) is 4.81. The molecule has 1 rings (SSSR count). The zero-order valence-corrected chi connectivity index (χ0v) is 8.53. The number of benzene rings is 1. The predicted molar refractivity (Wildman–Crippen MR) is 56.5 cm³/mol. The van der Waals surface area contributed by atoms with E-state index < -0.39 is 0 Å². The highest BCUT2D eigenvalue weighted by atomic mass is 16.5. The van der Waals surface area contributed by atoms with Crippen molar-refractivity contribution < 1.29 is 9.47 Å². The minimum absolute atomic E-state index is 0.560. The second kappa shape index (κ2) is 6.40. The van der Waals surface area contributed by atoms with E-state index in [1.807, 2.05) is 31.2 Å². The number of hydrogen-bond donors (Lipinski definition) is 1. The molecule has 0 bridgehead atoms. The molecule has 0 aliphatic carbocycles. The van der Waals surface area contributed by atoms with E-state index in [0.717, 1.165) is 11.3 Å². The molecule has 0 aliphatic heterocycles. The van der Waals surface area contributed by atoms with Crippen molar-refractivity contribution in [3.8, 4) is 5.75 Å². The van der Waals surface area contributed by atoms with Crippen molar-refractivity contribution in [1.82, 2.24) is 0 Å². The second-order valence-electron chi connectivity index (χ2n) is 3.02. The topological polar surface area (TPSA) is 44.5 Å². The lowest BCUT2D eigenvalue weighted by molar-refractivity contribution is 0.105. The minimum Gasteiger partial charge on any atom is -0.491 e. The normalized spacial score (nSPS) is 10.1. The Balaban J connectivity index is 2.21. The van der Waals surface area contributed by atoms with Crippen LogP contribution in [0, 0.1) is 6.92 Å². The van der Waals surface area contributed by atoms with Crippen molar-refractivity contribution in [3.63, 3.8) is 0 Å². The van der Waals surface area contributed by atoms with E-state index in [-0.39, 0.29) is 0 Å². The predicted octanol–water partition coefficient (Wildman–Crippen LogP) is 1.35. The smallest absolute Gasteiger partial charge is 0.122 e. The lowest BCUT2D eigenvalue weighted by Crippen LogP contribution is -2.13. The van der Waals surface area contributed by atoms with Gasteiger partial charge in [0.25, 0.3) is 0 Å². The quantitative estimate of drug-likeness (QED) is 0.697. The average Bonchev–Trinajstić information content (AvgIpc) is 2.20. The first kappa shape index (κ1) is 11.0. The van der Waals surface area contributed by atoms with Gasteiger partial charge in [0.1, 0.15) is 12.4 Å². The third-order valence-electron chi connectivity index (χ3n) is 1.84. The molecule has 2 N–H and O–H groups in total. The van der Waals surface area contributed by atoms with Gasteiger partial charge in [0.2, 0.25) is 0 Å². The third-order valence-corrected chi connectivity index (χ3v) is 1.84. The minimum atomic E-state index is 0.560. The molecule has 1 aromatic carbocycles. The maximum Gasteiger partial charge on any atom is 0.122 e. The molecular formula is C11H17NO2. The Kier molecular flexibility index (Phi) is 5.04. The van der Waals surface area contributed by atoms with Gasteiger partial charge in [0.15, 0.2) is 0 Å². The second-order valence-corrected chi connectivity index (χ2v) is 3.02. The summed E-state index contributed by atoms with van der Waals surface area (Å²) in [6.45, 7) is 4.34. The van der Waals surface area contributed by atoms with Crippen LogP contribution < -0.4 is 10.5 Å². The van der Waals surface area contributed by atoms with Crippen LogP contribution >= 0.6 is 0 Å². The molecule has 0 radical (unpaired) electrons. The van der Waals surface area contributed by atoms with Crippen LogP contribution in [0.4, 0.5) is 0 Å². The molecule has 0 aromatic heterocycles. The fourth-order valence-electron chi connectivity index (χ4n) is 1.11. The Morgan fingerprint density at radius 3 is 2.64 bits per heavy atom. The van der Waals surface area contributed by atoms with Gasteiger partial charge in [-0.05, 0) is 18.6 Å². The number of para-hydroxylation sites is 1. The molecule has 0 unspecified atom stereocenters. The number of rotatable bonds is 6. The largest absolute Gasteiger partial charge is 0.491 e. The van der Waals surface area contributed by atoms with E-state index in [4.69, 9.17) is 15.2 Å². The molecule has 0 aliphatic rings. The summed E-state index contributed by atoms with van der Waals surface area (Å²) in [4.78, 5) is 0. The SMILES string of the molecule is Cc1ccccc1OCCOCCN. The van der Waals surface area contributed by atoms with Crippen molar-refractivity contribution in [2.24, 2.45) is 5.73 Å². The van der Waals surface area contributed by atoms with Crippen LogP contribution in [0.3, 0.4) is 0 Å². The third kappa shape index (κ3) is 3.77.